The Morgan fingerprint density at radius 1 is 1.56 bits per heavy atom. The van der Waals surface area contributed by atoms with Crippen LogP contribution in [-0.2, 0) is 4.79 Å². The molecule has 0 spiro atoms. The Kier molecular flexibility index (Phi) is 4.19. The van der Waals surface area contributed by atoms with Crippen molar-refractivity contribution < 1.29 is 19.7 Å². The third kappa shape index (κ3) is 3.17. The lowest BCUT2D eigenvalue weighted by Crippen LogP contribution is -1.93. The van der Waals surface area contributed by atoms with Crippen LogP contribution >= 0.6 is 11.6 Å². The lowest BCUT2D eigenvalue weighted by atomic mass is 10.2. The van der Waals surface area contributed by atoms with Gasteiger partial charge in [-0.1, -0.05) is 11.6 Å². The molecule has 5 heteroatoms. The van der Waals surface area contributed by atoms with E-state index in [-0.39, 0.29) is 16.5 Å². The highest BCUT2D eigenvalue weighted by molar-refractivity contribution is 6.32. The Balaban J connectivity index is 3.09. The van der Waals surface area contributed by atoms with Crippen molar-refractivity contribution >= 4 is 23.6 Å². The Hall–Kier alpha value is -1.68. The summed E-state index contributed by atoms with van der Waals surface area (Å²) in [5.41, 5.74) is 0.477. The predicted molar refractivity (Wildman–Crippen MR) is 61.0 cm³/mol. The number of aliphatic carboxylic acids is 1. The lowest BCUT2D eigenvalue weighted by molar-refractivity contribution is -0.131. The molecule has 0 unspecified atom stereocenters. The predicted octanol–water partition coefficient (Wildman–Crippen LogP) is 2.54. The van der Waals surface area contributed by atoms with Gasteiger partial charge in [-0.25, -0.2) is 4.79 Å². The SMILES string of the molecule is CCOc1cc(/C=C/C(=O)O)c(Cl)cc1O. The lowest BCUT2D eigenvalue weighted by Gasteiger charge is -2.07. The quantitative estimate of drug-likeness (QED) is 0.797. The number of carboxylic acids is 1. The number of rotatable bonds is 4. The van der Waals surface area contributed by atoms with Gasteiger partial charge in [-0.15, -0.1) is 0 Å². The van der Waals surface area contributed by atoms with Crippen LogP contribution in [-0.4, -0.2) is 22.8 Å². The van der Waals surface area contributed by atoms with Crippen LogP contribution in [0.15, 0.2) is 18.2 Å². The van der Waals surface area contributed by atoms with E-state index in [1.54, 1.807) is 6.92 Å². The molecule has 2 N–H and O–H groups in total. The fraction of sp³-hybridized carbons (Fsp3) is 0.182. The van der Waals surface area contributed by atoms with Gasteiger partial charge in [-0.3, -0.25) is 0 Å². The second kappa shape index (κ2) is 5.42. The fourth-order valence-electron chi connectivity index (χ4n) is 1.12. The van der Waals surface area contributed by atoms with Crippen LogP contribution in [0.4, 0.5) is 0 Å². The maximum Gasteiger partial charge on any atom is 0.328 e. The van der Waals surface area contributed by atoms with E-state index in [1.807, 2.05) is 0 Å². The molecule has 1 aromatic rings. The summed E-state index contributed by atoms with van der Waals surface area (Å²) in [5.74, 6) is -0.863. The van der Waals surface area contributed by atoms with E-state index >= 15 is 0 Å². The summed E-state index contributed by atoms with van der Waals surface area (Å²) in [6.45, 7) is 2.18. The first-order chi connectivity index (χ1) is 7.54. The van der Waals surface area contributed by atoms with Crippen molar-refractivity contribution in [3.63, 3.8) is 0 Å². The van der Waals surface area contributed by atoms with E-state index in [0.29, 0.717) is 12.2 Å². The minimum atomic E-state index is -1.07. The molecular formula is C11H11ClO4. The molecule has 4 nitrogen and oxygen atoms in total. The topological polar surface area (TPSA) is 66.8 Å². The molecule has 0 radical (unpaired) electrons. The summed E-state index contributed by atoms with van der Waals surface area (Å²) in [4.78, 5) is 10.4. The van der Waals surface area contributed by atoms with E-state index in [9.17, 15) is 9.90 Å². The number of hydrogen-bond donors (Lipinski definition) is 2. The van der Waals surface area contributed by atoms with Gasteiger partial charge in [0.15, 0.2) is 11.5 Å². The second-order valence-corrected chi connectivity index (χ2v) is 3.35. The molecule has 0 amide bonds. The molecule has 0 aliphatic heterocycles. The van der Waals surface area contributed by atoms with Crippen molar-refractivity contribution in [1.82, 2.24) is 0 Å². The monoisotopic (exact) mass is 242 g/mol. The van der Waals surface area contributed by atoms with Gasteiger partial charge in [0.2, 0.25) is 0 Å². The van der Waals surface area contributed by atoms with Crippen LogP contribution in [0.25, 0.3) is 6.08 Å². The smallest absolute Gasteiger partial charge is 0.328 e. The molecule has 0 bridgehead atoms. The number of hydrogen-bond acceptors (Lipinski definition) is 3. The Bertz CT molecular complexity index is 426. The van der Waals surface area contributed by atoms with Gasteiger partial charge in [0.25, 0.3) is 0 Å². The summed E-state index contributed by atoms with van der Waals surface area (Å²) in [7, 11) is 0. The average molecular weight is 243 g/mol. The Labute approximate surface area is 97.7 Å². The highest BCUT2D eigenvalue weighted by atomic mass is 35.5. The van der Waals surface area contributed by atoms with Crippen molar-refractivity contribution in [2.45, 2.75) is 6.92 Å². The molecule has 0 aliphatic rings. The molecule has 86 valence electrons. The van der Waals surface area contributed by atoms with Crippen molar-refractivity contribution in [1.29, 1.82) is 0 Å². The minimum Gasteiger partial charge on any atom is -0.504 e. The molecule has 0 heterocycles. The van der Waals surface area contributed by atoms with Crippen LogP contribution in [0.3, 0.4) is 0 Å². The van der Waals surface area contributed by atoms with Crippen molar-refractivity contribution in [3.05, 3.63) is 28.8 Å². The molecule has 1 rings (SSSR count). The number of phenolic OH excluding ortho intramolecular Hbond substituents is 1. The summed E-state index contributed by atoms with van der Waals surface area (Å²) < 4.78 is 5.15. The normalized spacial score (nSPS) is 10.6. The molecule has 0 saturated heterocycles. The number of ether oxygens (including phenoxy) is 1. The summed E-state index contributed by atoms with van der Waals surface area (Å²) >= 11 is 5.83. The first-order valence-corrected chi connectivity index (χ1v) is 4.98. The average Bonchev–Trinajstić information content (AvgIpc) is 2.20. The minimum absolute atomic E-state index is 0.0701. The first kappa shape index (κ1) is 12.4. The third-order valence-electron chi connectivity index (χ3n) is 1.78. The highest BCUT2D eigenvalue weighted by Gasteiger charge is 2.07. The summed E-state index contributed by atoms with van der Waals surface area (Å²) in [6.07, 6.45) is 2.31. The summed E-state index contributed by atoms with van der Waals surface area (Å²) in [5, 5.41) is 18.2. The van der Waals surface area contributed by atoms with E-state index in [1.165, 1.54) is 18.2 Å². The molecule has 0 aliphatic carbocycles. The van der Waals surface area contributed by atoms with E-state index in [2.05, 4.69) is 0 Å². The number of benzene rings is 1. The molecule has 16 heavy (non-hydrogen) atoms. The third-order valence-corrected chi connectivity index (χ3v) is 2.11. The molecule has 0 atom stereocenters. The van der Waals surface area contributed by atoms with Crippen LogP contribution in [0.5, 0.6) is 11.5 Å². The van der Waals surface area contributed by atoms with Crippen LogP contribution in [0.2, 0.25) is 5.02 Å². The van der Waals surface area contributed by atoms with Crippen molar-refractivity contribution in [2.75, 3.05) is 6.61 Å². The fourth-order valence-corrected chi connectivity index (χ4v) is 1.34. The number of aromatic hydroxyl groups is 1. The number of halogens is 1. The number of phenols is 1. The molecule has 0 fully saturated rings. The largest absolute Gasteiger partial charge is 0.504 e. The zero-order valence-corrected chi connectivity index (χ0v) is 9.36. The van der Waals surface area contributed by atoms with Gasteiger partial charge in [-0.05, 0) is 24.6 Å². The zero-order valence-electron chi connectivity index (χ0n) is 8.61. The van der Waals surface area contributed by atoms with E-state index in [0.717, 1.165) is 6.08 Å². The zero-order chi connectivity index (χ0) is 12.1. The molecule has 1 aromatic carbocycles. The van der Waals surface area contributed by atoms with Crippen LogP contribution in [0.1, 0.15) is 12.5 Å². The maximum absolute atomic E-state index is 10.4. The van der Waals surface area contributed by atoms with Crippen LogP contribution < -0.4 is 4.74 Å². The van der Waals surface area contributed by atoms with Crippen LogP contribution in [0, 0.1) is 0 Å². The highest BCUT2D eigenvalue weighted by Crippen LogP contribution is 2.32. The molecular weight excluding hydrogens is 232 g/mol. The Morgan fingerprint density at radius 3 is 2.81 bits per heavy atom. The van der Waals surface area contributed by atoms with Gasteiger partial charge in [0.1, 0.15) is 0 Å². The molecule has 0 saturated carbocycles. The van der Waals surface area contributed by atoms with Gasteiger partial charge in [0.05, 0.1) is 11.6 Å². The summed E-state index contributed by atoms with van der Waals surface area (Å²) in [6, 6.07) is 2.80. The van der Waals surface area contributed by atoms with Gasteiger partial charge in [-0.2, -0.15) is 0 Å². The van der Waals surface area contributed by atoms with Gasteiger partial charge in [0, 0.05) is 12.1 Å². The maximum atomic E-state index is 10.4. The van der Waals surface area contributed by atoms with Gasteiger partial charge < -0.3 is 14.9 Å². The Morgan fingerprint density at radius 2 is 2.25 bits per heavy atom. The number of carbonyl (C=O) groups is 1. The van der Waals surface area contributed by atoms with Crippen molar-refractivity contribution in [2.24, 2.45) is 0 Å². The second-order valence-electron chi connectivity index (χ2n) is 2.95. The first-order valence-electron chi connectivity index (χ1n) is 4.61. The number of carboxylic acid groups (broad SMARTS) is 1. The standard InChI is InChI=1S/C11H11ClO4/c1-2-16-10-5-7(3-4-11(14)15)8(12)6-9(10)13/h3-6,13H,2H2,1H3,(H,14,15)/b4-3+. The van der Waals surface area contributed by atoms with Crippen molar-refractivity contribution in [3.8, 4) is 11.5 Å². The molecule has 0 aromatic heterocycles. The van der Waals surface area contributed by atoms with E-state index in [4.69, 9.17) is 21.4 Å². The van der Waals surface area contributed by atoms with E-state index < -0.39 is 5.97 Å². The van der Waals surface area contributed by atoms with Gasteiger partial charge >= 0.3 is 5.97 Å².